The highest BCUT2D eigenvalue weighted by molar-refractivity contribution is 6.31. The van der Waals surface area contributed by atoms with E-state index in [-0.39, 0.29) is 46.7 Å². The van der Waals surface area contributed by atoms with Crippen molar-refractivity contribution in [1.29, 1.82) is 0 Å². The van der Waals surface area contributed by atoms with Crippen LogP contribution >= 0.6 is 11.6 Å². The van der Waals surface area contributed by atoms with Crippen molar-refractivity contribution >= 4 is 64.1 Å². The van der Waals surface area contributed by atoms with Crippen molar-refractivity contribution < 1.29 is 43.3 Å². The average Bonchev–Trinajstić information content (AvgIpc) is 3.76. The molecule has 1 saturated carbocycles. The smallest absolute Gasteiger partial charge is 0.414 e. The molecule has 4 N–H and O–H groups in total. The highest BCUT2D eigenvalue weighted by Crippen LogP contribution is 2.49. The van der Waals surface area contributed by atoms with Gasteiger partial charge in [0.2, 0.25) is 11.9 Å². The van der Waals surface area contributed by atoms with Crippen LogP contribution in [0.1, 0.15) is 69.4 Å². The maximum Gasteiger partial charge on any atom is 0.414 e. The lowest BCUT2D eigenvalue weighted by Crippen LogP contribution is -2.47. The molecule has 0 saturated heterocycles. The minimum Gasteiger partial charge on any atom is -0.481 e. The predicted molar refractivity (Wildman–Crippen MR) is 207 cm³/mol. The fraction of sp³-hybridized carbons (Fsp3) is 0.317. The lowest BCUT2D eigenvalue weighted by molar-refractivity contribution is -0.143. The SMILES string of the molecule is CC(C)(C)OC(=O)NC(=Nc1ccc(C(=O)Oc2ccc(CC(=O)N[C@@H]3C[C@@]3(Cc3ccc4ccccc4c3)C(=O)O)c(Cl)c2)cc1)NC(=O)OC(C)(C)C. The molecule has 0 spiro atoms. The Morgan fingerprint density at radius 1 is 0.818 bits per heavy atom. The van der Waals surface area contributed by atoms with Gasteiger partial charge in [0.25, 0.3) is 0 Å². The third kappa shape index (κ3) is 11.3. The molecule has 4 aromatic carbocycles. The number of amides is 3. The molecule has 0 heterocycles. The maximum atomic E-state index is 13.0. The number of fused-ring (bicyclic) bond motifs is 1. The molecule has 288 valence electrons. The summed E-state index contributed by atoms with van der Waals surface area (Å²) in [6.45, 7) is 10.1. The van der Waals surface area contributed by atoms with Gasteiger partial charge in [-0.05, 0) is 113 Å². The summed E-state index contributed by atoms with van der Waals surface area (Å²) >= 11 is 6.47. The number of ether oxygens (including phenoxy) is 3. The van der Waals surface area contributed by atoms with Crippen molar-refractivity contribution in [1.82, 2.24) is 16.0 Å². The summed E-state index contributed by atoms with van der Waals surface area (Å²) in [4.78, 5) is 67.3. The third-order valence-corrected chi connectivity index (χ3v) is 8.69. The van der Waals surface area contributed by atoms with E-state index >= 15 is 0 Å². The number of benzene rings is 4. The summed E-state index contributed by atoms with van der Waals surface area (Å²) in [7, 11) is 0. The number of carbonyl (C=O) groups excluding carboxylic acids is 4. The molecule has 4 aromatic rings. The minimum absolute atomic E-state index is 0.106. The third-order valence-electron chi connectivity index (χ3n) is 8.34. The van der Waals surface area contributed by atoms with Gasteiger partial charge in [0.05, 0.1) is 23.1 Å². The van der Waals surface area contributed by atoms with Crippen LogP contribution in [0, 0.1) is 5.41 Å². The second kappa shape index (κ2) is 16.2. The second-order valence-corrected chi connectivity index (χ2v) is 15.6. The van der Waals surface area contributed by atoms with E-state index < -0.39 is 46.8 Å². The lowest BCUT2D eigenvalue weighted by atomic mass is 9.94. The Bertz CT molecular complexity index is 2120. The number of carboxylic acids is 1. The van der Waals surface area contributed by atoms with Crippen LogP contribution < -0.4 is 20.7 Å². The van der Waals surface area contributed by atoms with Gasteiger partial charge in [-0.2, -0.15) is 0 Å². The summed E-state index contributed by atoms with van der Waals surface area (Å²) in [5.74, 6) is -2.18. The molecule has 1 aliphatic carbocycles. The van der Waals surface area contributed by atoms with Crippen LogP contribution in [0.2, 0.25) is 5.02 Å². The molecule has 0 aliphatic heterocycles. The molecule has 0 bridgehead atoms. The molecule has 13 nitrogen and oxygen atoms in total. The number of carbonyl (C=O) groups is 5. The van der Waals surface area contributed by atoms with E-state index in [1.807, 2.05) is 42.5 Å². The molecule has 3 amide bonds. The summed E-state index contributed by atoms with van der Waals surface area (Å²) in [5.41, 5.74) is -0.941. The summed E-state index contributed by atoms with van der Waals surface area (Å²) in [5, 5.41) is 20.0. The van der Waals surface area contributed by atoms with Gasteiger partial charge in [-0.25, -0.2) is 19.4 Å². The van der Waals surface area contributed by atoms with Crippen LogP contribution in [-0.2, 0) is 31.9 Å². The number of carboxylic acid groups (broad SMARTS) is 1. The van der Waals surface area contributed by atoms with E-state index in [9.17, 15) is 29.1 Å². The standard InChI is InChI=1S/C41H43ClN4O9/c1-39(2,3)54-37(51)45-36(46-38(52)55-40(4,5)6)43-29-16-13-26(14-17-29)34(48)53-30-18-15-28(31(42)21-30)20-33(47)44-32-23-41(32,35(49)50)22-24-11-12-25-9-7-8-10-27(25)19-24/h7-19,21,32H,20,22-23H2,1-6H3,(H,44,47)(H,49,50)(H2,43,45,46,51,52)/t32-,41-/m1/s1. The first kappa shape index (κ1) is 40.2. The van der Waals surface area contributed by atoms with Crippen LogP contribution in [0.5, 0.6) is 5.75 Å². The zero-order chi connectivity index (χ0) is 40.1. The Hall–Kier alpha value is -5.95. The van der Waals surface area contributed by atoms with Crippen molar-refractivity contribution in [3.05, 3.63) is 107 Å². The van der Waals surface area contributed by atoms with Gasteiger partial charge in [-0.15, -0.1) is 0 Å². The van der Waals surface area contributed by atoms with Gasteiger partial charge >= 0.3 is 24.1 Å². The van der Waals surface area contributed by atoms with Crippen molar-refractivity contribution in [3.63, 3.8) is 0 Å². The van der Waals surface area contributed by atoms with Crippen molar-refractivity contribution in [2.75, 3.05) is 0 Å². The van der Waals surface area contributed by atoms with Crippen LogP contribution in [0.3, 0.4) is 0 Å². The summed E-state index contributed by atoms with van der Waals surface area (Å²) in [6, 6.07) is 23.5. The summed E-state index contributed by atoms with van der Waals surface area (Å²) in [6.07, 6.45) is -1.23. The fourth-order valence-electron chi connectivity index (χ4n) is 5.72. The molecule has 1 fully saturated rings. The highest BCUT2D eigenvalue weighted by Gasteiger charge is 2.61. The quantitative estimate of drug-likeness (QED) is 0.0580. The zero-order valence-electron chi connectivity index (χ0n) is 31.3. The fourth-order valence-corrected chi connectivity index (χ4v) is 5.96. The molecular formula is C41H43ClN4O9. The van der Waals surface area contributed by atoms with Gasteiger partial charge in [0.1, 0.15) is 17.0 Å². The number of rotatable bonds is 9. The average molecular weight is 771 g/mol. The largest absolute Gasteiger partial charge is 0.481 e. The number of esters is 1. The normalized spacial score (nSPS) is 16.3. The molecule has 55 heavy (non-hydrogen) atoms. The molecule has 5 rings (SSSR count). The van der Waals surface area contributed by atoms with Gasteiger partial charge in [-0.3, -0.25) is 20.2 Å². The number of nitrogens with one attached hydrogen (secondary N) is 3. The Balaban J connectivity index is 1.18. The number of aliphatic imine (C=N–C) groups is 1. The molecule has 1 aliphatic rings. The molecular weight excluding hydrogens is 728 g/mol. The van der Waals surface area contributed by atoms with Crippen LogP contribution in [0.25, 0.3) is 10.8 Å². The molecule has 0 radical (unpaired) electrons. The molecule has 2 atom stereocenters. The van der Waals surface area contributed by atoms with E-state index in [1.54, 1.807) is 47.6 Å². The van der Waals surface area contributed by atoms with Gasteiger partial charge in [-0.1, -0.05) is 60.1 Å². The Labute approximate surface area is 323 Å². The highest BCUT2D eigenvalue weighted by atomic mass is 35.5. The number of halogens is 1. The number of nitrogens with zero attached hydrogens (tertiary/aromatic N) is 1. The number of hydrogen-bond acceptors (Lipinski definition) is 9. The minimum atomic E-state index is -1.10. The Kier molecular flexibility index (Phi) is 11.8. The van der Waals surface area contributed by atoms with Crippen molar-refractivity contribution in [3.8, 4) is 5.75 Å². The predicted octanol–water partition coefficient (Wildman–Crippen LogP) is 7.49. The molecule has 0 unspecified atom stereocenters. The topological polar surface area (TPSA) is 182 Å². The lowest BCUT2D eigenvalue weighted by Gasteiger charge is -2.22. The number of aliphatic carboxylic acids is 1. The number of guanidine groups is 1. The molecule has 0 aromatic heterocycles. The van der Waals surface area contributed by atoms with E-state index in [2.05, 4.69) is 20.9 Å². The van der Waals surface area contributed by atoms with Crippen LogP contribution in [0.4, 0.5) is 15.3 Å². The zero-order valence-corrected chi connectivity index (χ0v) is 32.1. The van der Waals surface area contributed by atoms with Gasteiger partial charge in [0.15, 0.2) is 0 Å². The van der Waals surface area contributed by atoms with E-state index in [0.29, 0.717) is 12.0 Å². The first-order chi connectivity index (χ1) is 25.8. The molecule has 14 heteroatoms. The van der Waals surface area contributed by atoms with E-state index in [0.717, 1.165) is 16.3 Å². The first-order valence-electron chi connectivity index (χ1n) is 17.5. The second-order valence-electron chi connectivity index (χ2n) is 15.2. The van der Waals surface area contributed by atoms with Crippen molar-refractivity contribution in [2.24, 2.45) is 10.4 Å². The number of hydrogen-bond donors (Lipinski definition) is 4. The Morgan fingerprint density at radius 3 is 2.02 bits per heavy atom. The monoisotopic (exact) mass is 770 g/mol. The summed E-state index contributed by atoms with van der Waals surface area (Å²) < 4.78 is 16.0. The van der Waals surface area contributed by atoms with E-state index in [4.69, 9.17) is 25.8 Å². The number of alkyl carbamates (subject to hydrolysis) is 2. The van der Waals surface area contributed by atoms with Crippen LogP contribution in [0.15, 0.2) is 89.9 Å². The van der Waals surface area contributed by atoms with Gasteiger partial charge in [0, 0.05) is 11.1 Å². The van der Waals surface area contributed by atoms with Crippen LogP contribution in [-0.4, -0.2) is 58.3 Å². The van der Waals surface area contributed by atoms with Crippen molar-refractivity contribution in [2.45, 2.75) is 78.0 Å². The Morgan fingerprint density at radius 2 is 1.44 bits per heavy atom. The maximum absolute atomic E-state index is 13.0. The van der Waals surface area contributed by atoms with E-state index in [1.165, 1.54) is 36.4 Å². The first-order valence-corrected chi connectivity index (χ1v) is 17.9. The van der Waals surface area contributed by atoms with Gasteiger partial charge < -0.3 is 24.6 Å².